The summed E-state index contributed by atoms with van der Waals surface area (Å²) in [5.41, 5.74) is 10.5. The standard InChI is InChI=1S/C14H16N2O/c1-9-8-11(17-3)4-5-12(9)14-7-6-13(15)10(2)16-14/h4-8H,15H2,1-3H3. The van der Waals surface area contributed by atoms with Gasteiger partial charge in [-0.25, -0.2) is 0 Å². The van der Waals surface area contributed by atoms with Gasteiger partial charge in [0.2, 0.25) is 0 Å². The highest BCUT2D eigenvalue weighted by Gasteiger charge is 2.06. The Kier molecular flexibility index (Phi) is 3.00. The first kappa shape index (κ1) is 11.5. The Hall–Kier alpha value is -2.03. The largest absolute Gasteiger partial charge is 0.497 e. The summed E-state index contributed by atoms with van der Waals surface area (Å²) < 4.78 is 5.19. The maximum atomic E-state index is 5.77. The highest BCUT2D eigenvalue weighted by Crippen LogP contribution is 2.26. The number of rotatable bonds is 2. The Morgan fingerprint density at radius 2 is 1.88 bits per heavy atom. The summed E-state index contributed by atoms with van der Waals surface area (Å²) in [6, 6.07) is 9.79. The van der Waals surface area contributed by atoms with Crippen molar-refractivity contribution >= 4 is 5.69 Å². The number of hydrogen-bond acceptors (Lipinski definition) is 3. The highest BCUT2D eigenvalue weighted by molar-refractivity contribution is 5.66. The van der Waals surface area contributed by atoms with E-state index >= 15 is 0 Å². The Balaban J connectivity index is 2.49. The van der Waals surface area contributed by atoms with E-state index in [2.05, 4.69) is 4.98 Å². The summed E-state index contributed by atoms with van der Waals surface area (Å²) in [6.07, 6.45) is 0. The number of methoxy groups -OCH3 is 1. The molecule has 1 aromatic heterocycles. The smallest absolute Gasteiger partial charge is 0.119 e. The fourth-order valence-electron chi connectivity index (χ4n) is 1.77. The Morgan fingerprint density at radius 1 is 1.12 bits per heavy atom. The van der Waals surface area contributed by atoms with Crippen molar-refractivity contribution in [3.8, 4) is 17.0 Å². The summed E-state index contributed by atoms with van der Waals surface area (Å²) in [5.74, 6) is 0.860. The zero-order valence-electron chi connectivity index (χ0n) is 10.3. The topological polar surface area (TPSA) is 48.1 Å². The molecule has 0 unspecified atom stereocenters. The molecule has 2 N–H and O–H groups in total. The first-order chi connectivity index (χ1) is 8.11. The maximum Gasteiger partial charge on any atom is 0.119 e. The second-order valence-corrected chi connectivity index (χ2v) is 4.05. The number of nitrogens with zero attached hydrogens (tertiary/aromatic N) is 1. The summed E-state index contributed by atoms with van der Waals surface area (Å²) >= 11 is 0. The first-order valence-corrected chi connectivity index (χ1v) is 5.50. The quantitative estimate of drug-likeness (QED) is 0.859. The van der Waals surface area contributed by atoms with Gasteiger partial charge in [-0.2, -0.15) is 0 Å². The monoisotopic (exact) mass is 228 g/mol. The zero-order chi connectivity index (χ0) is 12.4. The Labute approximate surface area is 101 Å². The molecule has 0 bridgehead atoms. The van der Waals surface area contributed by atoms with E-state index in [-0.39, 0.29) is 0 Å². The van der Waals surface area contributed by atoms with Gasteiger partial charge in [0, 0.05) is 5.56 Å². The van der Waals surface area contributed by atoms with Crippen LogP contribution in [0.3, 0.4) is 0 Å². The molecule has 1 heterocycles. The molecule has 3 heteroatoms. The first-order valence-electron chi connectivity index (χ1n) is 5.50. The average molecular weight is 228 g/mol. The van der Waals surface area contributed by atoms with E-state index in [4.69, 9.17) is 10.5 Å². The molecule has 0 radical (unpaired) electrons. The molecule has 0 aliphatic carbocycles. The molecule has 2 rings (SSSR count). The van der Waals surface area contributed by atoms with Crippen LogP contribution in [0.2, 0.25) is 0 Å². The lowest BCUT2D eigenvalue weighted by Gasteiger charge is -2.09. The molecule has 1 aromatic carbocycles. The van der Waals surface area contributed by atoms with Crippen molar-refractivity contribution in [3.63, 3.8) is 0 Å². The van der Waals surface area contributed by atoms with E-state index in [0.717, 1.165) is 34.0 Å². The van der Waals surface area contributed by atoms with Crippen molar-refractivity contribution in [3.05, 3.63) is 41.6 Å². The van der Waals surface area contributed by atoms with Gasteiger partial charge in [0.05, 0.1) is 24.2 Å². The van der Waals surface area contributed by atoms with E-state index in [1.807, 2.05) is 44.2 Å². The summed E-state index contributed by atoms with van der Waals surface area (Å²) in [7, 11) is 1.67. The molecule has 3 nitrogen and oxygen atoms in total. The van der Waals surface area contributed by atoms with Gasteiger partial charge in [0.15, 0.2) is 0 Å². The fourth-order valence-corrected chi connectivity index (χ4v) is 1.77. The van der Waals surface area contributed by atoms with E-state index in [1.54, 1.807) is 7.11 Å². The third-order valence-electron chi connectivity index (χ3n) is 2.84. The highest BCUT2D eigenvalue weighted by atomic mass is 16.5. The van der Waals surface area contributed by atoms with Crippen molar-refractivity contribution in [2.45, 2.75) is 13.8 Å². The van der Waals surface area contributed by atoms with E-state index in [9.17, 15) is 0 Å². The summed E-state index contributed by atoms with van der Waals surface area (Å²) in [6.45, 7) is 3.96. The number of benzene rings is 1. The number of anilines is 1. The maximum absolute atomic E-state index is 5.77. The molecule has 0 atom stereocenters. The molecule has 0 spiro atoms. The van der Waals surface area contributed by atoms with Crippen LogP contribution in [0.15, 0.2) is 30.3 Å². The number of aryl methyl sites for hydroxylation is 2. The summed E-state index contributed by atoms with van der Waals surface area (Å²) in [5, 5.41) is 0. The van der Waals surface area contributed by atoms with Gasteiger partial charge in [0.1, 0.15) is 5.75 Å². The molecule has 17 heavy (non-hydrogen) atoms. The molecule has 0 aliphatic rings. The Morgan fingerprint density at radius 3 is 2.47 bits per heavy atom. The minimum absolute atomic E-state index is 0.722. The van der Waals surface area contributed by atoms with E-state index in [0.29, 0.717) is 0 Å². The van der Waals surface area contributed by atoms with Crippen LogP contribution in [-0.4, -0.2) is 12.1 Å². The van der Waals surface area contributed by atoms with Gasteiger partial charge < -0.3 is 10.5 Å². The van der Waals surface area contributed by atoms with Crippen molar-refractivity contribution in [2.75, 3.05) is 12.8 Å². The van der Waals surface area contributed by atoms with Gasteiger partial charge in [-0.1, -0.05) is 0 Å². The number of pyridine rings is 1. The third kappa shape index (κ3) is 2.23. The number of hydrogen-bond donors (Lipinski definition) is 1. The number of aromatic nitrogens is 1. The van der Waals surface area contributed by atoms with Crippen molar-refractivity contribution in [1.82, 2.24) is 4.98 Å². The van der Waals surface area contributed by atoms with Gasteiger partial charge in [-0.05, 0) is 49.7 Å². The average Bonchev–Trinajstić information content (AvgIpc) is 2.32. The number of ether oxygens (including phenoxy) is 1. The van der Waals surface area contributed by atoms with Crippen molar-refractivity contribution in [1.29, 1.82) is 0 Å². The van der Waals surface area contributed by atoms with Gasteiger partial charge in [-0.3, -0.25) is 4.98 Å². The summed E-state index contributed by atoms with van der Waals surface area (Å²) in [4.78, 5) is 4.49. The molecule has 88 valence electrons. The predicted molar refractivity (Wildman–Crippen MR) is 70.1 cm³/mol. The number of nitrogens with two attached hydrogens (primary N) is 1. The van der Waals surface area contributed by atoms with Crippen molar-refractivity contribution < 1.29 is 4.74 Å². The lowest BCUT2D eigenvalue weighted by molar-refractivity contribution is 0.414. The van der Waals surface area contributed by atoms with E-state index in [1.165, 1.54) is 0 Å². The van der Waals surface area contributed by atoms with E-state index < -0.39 is 0 Å². The third-order valence-corrected chi connectivity index (χ3v) is 2.84. The van der Waals surface area contributed by atoms with Crippen LogP contribution in [0.4, 0.5) is 5.69 Å². The second-order valence-electron chi connectivity index (χ2n) is 4.05. The van der Waals surface area contributed by atoms with Crippen LogP contribution in [-0.2, 0) is 0 Å². The van der Waals surface area contributed by atoms with Crippen LogP contribution in [0, 0.1) is 13.8 Å². The fraction of sp³-hybridized carbons (Fsp3) is 0.214. The van der Waals surface area contributed by atoms with Crippen LogP contribution < -0.4 is 10.5 Å². The zero-order valence-corrected chi connectivity index (χ0v) is 10.3. The van der Waals surface area contributed by atoms with Gasteiger partial charge in [0.25, 0.3) is 0 Å². The molecule has 0 saturated carbocycles. The van der Waals surface area contributed by atoms with Crippen LogP contribution in [0.5, 0.6) is 5.75 Å². The predicted octanol–water partition coefficient (Wildman–Crippen LogP) is 2.96. The van der Waals surface area contributed by atoms with Gasteiger partial charge in [-0.15, -0.1) is 0 Å². The van der Waals surface area contributed by atoms with Crippen LogP contribution in [0.1, 0.15) is 11.3 Å². The number of nitrogen functional groups attached to an aromatic ring is 1. The van der Waals surface area contributed by atoms with Crippen LogP contribution >= 0.6 is 0 Å². The molecule has 0 saturated heterocycles. The molecule has 0 amide bonds. The van der Waals surface area contributed by atoms with Gasteiger partial charge >= 0.3 is 0 Å². The lowest BCUT2D eigenvalue weighted by atomic mass is 10.0. The molecule has 0 fully saturated rings. The normalized spacial score (nSPS) is 10.3. The molecular formula is C14H16N2O. The Bertz CT molecular complexity index is 550. The minimum atomic E-state index is 0.722. The molecular weight excluding hydrogens is 212 g/mol. The SMILES string of the molecule is COc1ccc(-c2ccc(N)c(C)n2)c(C)c1. The van der Waals surface area contributed by atoms with Crippen molar-refractivity contribution in [2.24, 2.45) is 0 Å². The minimum Gasteiger partial charge on any atom is -0.497 e. The lowest BCUT2D eigenvalue weighted by Crippen LogP contribution is -1.95. The van der Waals surface area contributed by atoms with Crippen LogP contribution in [0.25, 0.3) is 11.3 Å². The second kappa shape index (κ2) is 4.45. The molecule has 0 aliphatic heterocycles. The molecule has 2 aromatic rings.